The highest BCUT2D eigenvalue weighted by molar-refractivity contribution is 7.21. The summed E-state index contributed by atoms with van der Waals surface area (Å²) < 4.78 is 30.3. The molecular formula is C18H14FNO6S. The van der Waals surface area contributed by atoms with Gasteiger partial charge in [0.2, 0.25) is 0 Å². The summed E-state index contributed by atoms with van der Waals surface area (Å²) >= 11 is 1.06. The third-order valence-electron chi connectivity index (χ3n) is 3.80. The van der Waals surface area contributed by atoms with Gasteiger partial charge in [-0.05, 0) is 18.2 Å². The summed E-state index contributed by atoms with van der Waals surface area (Å²) in [6.07, 6.45) is 0. The number of benzene rings is 2. The number of carbonyl (C=O) groups is 1. The number of thiophene rings is 1. The van der Waals surface area contributed by atoms with Gasteiger partial charge >= 0.3 is 5.97 Å². The first-order chi connectivity index (χ1) is 13.0. The van der Waals surface area contributed by atoms with Crippen LogP contribution in [0.25, 0.3) is 10.1 Å². The highest BCUT2D eigenvalue weighted by atomic mass is 32.1. The van der Waals surface area contributed by atoms with E-state index >= 15 is 0 Å². The minimum Gasteiger partial charge on any atom is -0.493 e. The lowest BCUT2D eigenvalue weighted by Crippen LogP contribution is -2.10. The van der Waals surface area contributed by atoms with Gasteiger partial charge in [-0.25, -0.2) is 9.18 Å². The molecule has 0 radical (unpaired) electrons. The standard InChI is InChI=1S/C18H14FNO6S/c1-24-9-11-16-12(19)4-3-5-15(16)27-17(11)18(21)26-14-8-10(20(22)23)6-7-13(14)25-2/h3-8H,9H2,1-2H3. The average Bonchev–Trinajstić information content (AvgIpc) is 3.02. The van der Waals surface area contributed by atoms with Gasteiger partial charge in [-0.2, -0.15) is 0 Å². The number of rotatable bonds is 6. The van der Waals surface area contributed by atoms with Crippen LogP contribution in [0.1, 0.15) is 15.2 Å². The van der Waals surface area contributed by atoms with Gasteiger partial charge in [0.15, 0.2) is 11.5 Å². The van der Waals surface area contributed by atoms with Crippen molar-refractivity contribution >= 4 is 33.1 Å². The zero-order chi connectivity index (χ0) is 19.6. The number of esters is 1. The summed E-state index contributed by atoms with van der Waals surface area (Å²) in [6, 6.07) is 8.20. The topological polar surface area (TPSA) is 87.9 Å². The van der Waals surface area contributed by atoms with Gasteiger partial charge in [0.1, 0.15) is 10.7 Å². The molecule has 0 N–H and O–H groups in total. The van der Waals surface area contributed by atoms with Gasteiger partial charge in [0.25, 0.3) is 5.69 Å². The van der Waals surface area contributed by atoms with Crippen LogP contribution in [0.4, 0.5) is 10.1 Å². The second-order valence-corrected chi connectivity index (χ2v) is 6.49. The highest BCUT2D eigenvalue weighted by Crippen LogP contribution is 2.36. The van der Waals surface area contributed by atoms with Crippen LogP contribution in [0.2, 0.25) is 0 Å². The van der Waals surface area contributed by atoms with Crippen LogP contribution in [-0.2, 0) is 11.3 Å². The molecule has 0 atom stereocenters. The van der Waals surface area contributed by atoms with E-state index in [1.165, 1.54) is 32.4 Å². The van der Waals surface area contributed by atoms with E-state index in [9.17, 15) is 19.3 Å². The first-order valence-corrected chi connectivity index (χ1v) is 8.51. The van der Waals surface area contributed by atoms with Gasteiger partial charge in [-0.1, -0.05) is 6.07 Å². The van der Waals surface area contributed by atoms with Crippen molar-refractivity contribution in [1.82, 2.24) is 0 Å². The third-order valence-corrected chi connectivity index (χ3v) is 4.98. The lowest BCUT2D eigenvalue weighted by atomic mass is 10.1. The van der Waals surface area contributed by atoms with Crippen LogP contribution in [0.5, 0.6) is 11.5 Å². The van der Waals surface area contributed by atoms with Crippen molar-refractivity contribution in [2.24, 2.45) is 0 Å². The molecule has 0 aliphatic heterocycles. The summed E-state index contributed by atoms with van der Waals surface area (Å²) in [7, 11) is 2.78. The van der Waals surface area contributed by atoms with E-state index in [0.717, 1.165) is 17.4 Å². The summed E-state index contributed by atoms with van der Waals surface area (Å²) in [5.74, 6) is -1.18. The molecule has 0 aliphatic rings. The summed E-state index contributed by atoms with van der Waals surface area (Å²) in [5.41, 5.74) is 0.114. The molecule has 0 saturated carbocycles. The fraction of sp³-hybridized carbons (Fsp3) is 0.167. The predicted molar refractivity (Wildman–Crippen MR) is 97.1 cm³/mol. The molecule has 0 bridgehead atoms. The van der Waals surface area contributed by atoms with E-state index in [0.29, 0.717) is 15.6 Å². The molecule has 0 fully saturated rings. The third kappa shape index (κ3) is 3.60. The molecule has 0 spiro atoms. The lowest BCUT2D eigenvalue weighted by Gasteiger charge is -2.09. The zero-order valence-electron chi connectivity index (χ0n) is 14.4. The fourth-order valence-electron chi connectivity index (χ4n) is 2.62. The molecule has 3 aromatic rings. The number of hydrogen-bond acceptors (Lipinski definition) is 7. The predicted octanol–water partition coefficient (Wildman–Crippen LogP) is 4.32. The first-order valence-electron chi connectivity index (χ1n) is 7.69. The van der Waals surface area contributed by atoms with E-state index in [-0.39, 0.29) is 28.7 Å². The monoisotopic (exact) mass is 391 g/mol. The van der Waals surface area contributed by atoms with E-state index in [1.54, 1.807) is 12.1 Å². The highest BCUT2D eigenvalue weighted by Gasteiger charge is 2.24. The van der Waals surface area contributed by atoms with Crippen LogP contribution in [0.15, 0.2) is 36.4 Å². The number of non-ortho nitro benzene ring substituents is 1. The van der Waals surface area contributed by atoms with Gasteiger partial charge in [-0.3, -0.25) is 10.1 Å². The van der Waals surface area contributed by atoms with Crippen molar-refractivity contribution in [3.63, 3.8) is 0 Å². The van der Waals surface area contributed by atoms with E-state index in [4.69, 9.17) is 14.2 Å². The Hall–Kier alpha value is -3.04. The molecule has 1 aromatic heterocycles. The molecule has 27 heavy (non-hydrogen) atoms. The SMILES string of the molecule is COCc1c(C(=O)Oc2cc([N+](=O)[O-])ccc2OC)sc2cccc(F)c12. The molecule has 7 nitrogen and oxygen atoms in total. The van der Waals surface area contributed by atoms with Crippen molar-refractivity contribution in [3.8, 4) is 11.5 Å². The number of fused-ring (bicyclic) bond motifs is 1. The number of nitro benzene ring substituents is 1. The number of methoxy groups -OCH3 is 2. The van der Waals surface area contributed by atoms with Gasteiger partial charge in [0.05, 0.1) is 24.7 Å². The quantitative estimate of drug-likeness (QED) is 0.269. The normalized spacial score (nSPS) is 10.8. The molecule has 140 valence electrons. The summed E-state index contributed by atoms with van der Waals surface area (Å²) in [6.45, 7) is 0.0113. The van der Waals surface area contributed by atoms with Crippen molar-refractivity contribution in [2.45, 2.75) is 6.61 Å². The van der Waals surface area contributed by atoms with Crippen molar-refractivity contribution in [2.75, 3.05) is 14.2 Å². The van der Waals surface area contributed by atoms with Gasteiger partial charge in [0, 0.05) is 28.8 Å². The molecule has 0 saturated heterocycles. The lowest BCUT2D eigenvalue weighted by molar-refractivity contribution is -0.384. The minimum atomic E-state index is -0.776. The van der Waals surface area contributed by atoms with Crippen molar-refractivity contribution < 1.29 is 28.3 Å². The van der Waals surface area contributed by atoms with Crippen LogP contribution in [0.3, 0.4) is 0 Å². The maximum absolute atomic E-state index is 14.2. The molecule has 1 heterocycles. The molecular weight excluding hydrogens is 377 g/mol. The number of ether oxygens (including phenoxy) is 3. The Bertz CT molecular complexity index is 1030. The van der Waals surface area contributed by atoms with Crippen LogP contribution in [0, 0.1) is 15.9 Å². The maximum atomic E-state index is 14.2. The summed E-state index contributed by atoms with van der Waals surface area (Å²) in [4.78, 5) is 23.2. The fourth-order valence-corrected chi connectivity index (χ4v) is 3.72. The average molecular weight is 391 g/mol. The Morgan fingerprint density at radius 1 is 1.22 bits per heavy atom. The Labute approximate surface area is 157 Å². The Morgan fingerprint density at radius 2 is 2.00 bits per heavy atom. The Kier molecular flexibility index (Phi) is 5.33. The number of halogens is 1. The number of nitro groups is 1. The molecule has 0 amide bonds. The molecule has 2 aromatic carbocycles. The van der Waals surface area contributed by atoms with E-state index in [1.807, 2.05) is 0 Å². The zero-order valence-corrected chi connectivity index (χ0v) is 15.2. The van der Waals surface area contributed by atoms with E-state index in [2.05, 4.69) is 0 Å². The Balaban J connectivity index is 2.04. The maximum Gasteiger partial charge on any atom is 0.354 e. The Morgan fingerprint density at radius 3 is 2.67 bits per heavy atom. The second kappa shape index (κ2) is 7.68. The molecule has 3 rings (SSSR count). The van der Waals surface area contributed by atoms with Gasteiger partial charge in [-0.15, -0.1) is 11.3 Å². The number of nitrogens with zero attached hydrogens (tertiary/aromatic N) is 1. The first kappa shape index (κ1) is 18.7. The largest absolute Gasteiger partial charge is 0.493 e. The smallest absolute Gasteiger partial charge is 0.354 e. The van der Waals surface area contributed by atoms with Crippen LogP contribution >= 0.6 is 11.3 Å². The minimum absolute atomic E-state index is 0.0113. The number of carbonyl (C=O) groups excluding carboxylic acids is 1. The molecule has 9 heteroatoms. The second-order valence-electron chi connectivity index (χ2n) is 5.44. The summed E-state index contributed by atoms with van der Waals surface area (Å²) in [5, 5.41) is 11.3. The molecule has 0 aliphatic carbocycles. The van der Waals surface area contributed by atoms with Gasteiger partial charge < -0.3 is 14.2 Å². The van der Waals surface area contributed by atoms with Crippen LogP contribution < -0.4 is 9.47 Å². The van der Waals surface area contributed by atoms with Crippen molar-refractivity contribution in [3.05, 3.63) is 62.8 Å². The molecule has 0 unspecified atom stereocenters. The number of hydrogen-bond donors (Lipinski definition) is 0. The van der Waals surface area contributed by atoms with Crippen LogP contribution in [-0.4, -0.2) is 25.1 Å². The van der Waals surface area contributed by atoms with E-state index < -0.39 is 16.7 Å². The van der Waals surface area contributed by atoms with Crippen molar-refractivity contribution in [1.29, 1.82) is 0 Å².